The van der Waals surface area contributed by atoms with E-state index in [9.17, 15) is 4.79 Å². The van der Waals surface area contributed by atoms with Gasteiger partial charge in [0, 0.05) is 18.9 Å². The van der Waals surface area contributed by atoms with E-state index < -0.39 is 6.10 Å². The molecule has 128 valence electrons. The Bertz CT molecular complexity index is 699. The molecule has 0 saturated heterocycles. The van der Waals surface area contributed by atoms with Crippen LogP contribution in [0.1, 0.15) is 43.8 Å². The van der Waals surface area contributed by atoms with Crippen LogP contribution in [-0.2, 0) is 11.2 Å². The maximum atomic E-state index is 12.1. The summed E-state index contributed by atoms with van der Waals surface area (Å²) in [4.78, 5) is 16.5. The van der Waals surface area contributed by atoms with Gasteiger partial charge in [0.05, 0.1) is 5.02 Å². The van der Waals surface area contributed by atoms with Gasteiger partial charge in [-0.1, -0.05) is 23.7 Å². The van der Waals surface area contributed by atoms with Gasteiger partial charge < -0.3 is 10.1 Å². The van der Waals surface area contributed by atoms with Crippen molar-refractivity contribution in [3.8, 4) is 5.75 Å². The van der Waals surface area contributed by atoms with Crippen molar-refractivity contribution in [2.45, 2.75) is 44.6 Å². The first-order valence-electron chi connectivity index (χ1n) is 8.23. The molecule has 0 aliphatic heterocycles. The molecule has 1 fully saturated rings. The first kappa shape index (κ1) is 16.8. The second kappa shape index (κ2) is 7.66. The first-order valence-corrected chi connectivity index (χ1v) is 8.61. The highest BCUT2D eigenvalue weighted by atomic mass is 35.5. The zero-order valence-corrected chi connectivity index (χ0v) is 14.3. The van der Waals surface area contributed by atoms with Crippen LogP contribution < -0.4 is 10.1 Å². The van der Waals surface area contributed by atoms with E-state index in [1.165, 1.54) is 12.8 Å². The summed E-state index contributed by atoms with van der Waals surface area (Å²) in [5.41, 5.74) is 0. The molecule has 6 nitrogen and oxygen atoms in total. The molecule has 1 amide bonds. The Hall–Kier alpha value is -2.08. The van der Waals surface area contributed by atoms with E-state index in [4.69, 9.17) is 16.3 Å². The number of benzene rings is 1. The average Bonchev–Trinajstić information content (AvgIpc) is 3.32. The lowest BCUT2D eigenvalue weighted by molar-refractivity contribution is -0.127. The number of amides is 1. The Morgan fingerprint density at radius 2 is 2.25 bits per heavy atom. The highest BCUT2D eigenvalue weighted by Crippen LogP contribution is 2.37. The lowest BCUT2D eigenvalue weighted by atomic mass is 10.3. The molecule has 3 rings (SSSR count). The summed E-state index contributed by atoms with van der Waals surface area (Å²) in [5, 5.41) is 10.5. The summed E-state index contributed by atoms with van der Waals surface area (Å²) >= 11 is 6.02. The number of nitrogens with one attached hydrogen (secondary N) is 2. The molecule has 1 aromatic carbocycles. The quantitative estimate of drug-likeness (QED) is 0.719. The van der Waals surface area contributed by atoms with E-state index in [1.54, 1.807) is 19.1 Å². The van der Waals surface area contributed by atoms with Gasteiger partial charge in [-0.25, -0.2) is 4.98 Å². The van der Waals surface area contributed by atoms with Crippen LogP contribution in [0.25, 0.3) is 0 Å². The van der Waals surface area contributed by atoms with Crippen LogP contribution >= 0.6 is 11.6 Å². The number of ether oxygens (including phenoxy) is 1. The number of H-pyrrole nitrogens is 1. The molecule has 2 aromatic rings. The Kier molecular flexibility index (Phi) is 5.35. The second-order valence-corrected chi connectivity index (χ2v) is 6.41. The fourth-order valence-electron chi connectivity index (χ4n) is 2.34. The Morgan fingerprint density at radius 1 is 1.46 bits per heavy atom. The van der Waals surface area contributed by atoms with Crippen LogP contribution in [0.5, 0.6) is 5.75 Å². The number of hydrogen-bond acceptors (Lipinski definition) is 4. The lowest BCUT2D eigenvalue weighted by Gasteiger charge is -2.15. The SMILES string of the molecule is C[C@@H](Oc1ccccc1Cl)C(=O)NCCCc1nc(C2CC2)n[nH]1. The van der Waals surface area contributed by atoms with E-state index in [0.717, 1.165) is 24.5 Å². The number of halogens is 1. The molecule has 2 N–H and O–H groups in total. The molecule has 1 heterocycles. The van der Waals surface area contributed by atoms with Gasteiger partial charge in [0.2, 0.25) is 0 Å². The number of para-hydroxylation sites is 1. The molecule has 1 atom stereocenters. The average molecular weight is 349 g/mol. The monoisotopic (exact) mass is 348 g/mol. The van der Waals surface area contributed by atoms with Crippen LogP contribution in [0.3, 0.4) is 0 Å². The minimum Gasteiger partial charge on any atom is -0.479 e. The molecule has 0 bridgehead atoms. The number of nitrogens with zero attached hydrogens (tertiary/aromatic N) is 2. The molecule has 1 aliphatic carbocycles. The van der Waals surface area contributed by atoms with Crippen LogP contribution in [0, 0.1) is 0 Å². The van der Waals surface area contributed by atoms with Gasteiger partial charge in [0.1, 0.15) is 11.6 Å². The Labute approximate surface area is 146 Å². The first-order chi connectivity index (χ1) is 11.6. The van der Waals surface area contributed by atoms with Crippen molar-refractivity contribution >= 4 is 17.5 Å². The Morgan fingerprint density at radius 3 is 3.00 bits per heavy atom. The van der Waals surface area contributed by atoms with Gasteiger partial charge in [-0.15, -0.1) is 0 Å². The fourth-order valence-corrected chi connectivity index (χ4v) is 2.52. The zero-order chi connectivity index (χ0) is 16.9. The van der Waals surface area contributed by atoms with Crippen molar-refractivity contribution in [1.29, 1.82) is 0 Å². The van der Waals surface area contributed by atoms with Gasteiger partial charge in [-0.2, -0.15) is 5.10 Å². The van der Waals surface area contributed by atoms with Crippen LogP contribution in [0.4, 0.5) is 0 Å². The molecule has 0 unspecified atom stereocenters. The van der Waals surface area contributed by atoms with E-state index in [0.29, 0.717) is 23.2 Å². The molecule has 1 saturated carbocycles. The molecule has 0 spiro atoms. The molecular formula is C17H21ClN4O2. The van der Waals surface area contributed by atoms with Gasteiger partial charge in [0.25, 0.3) is 5.91 Å². The van der Waals surface area contributed by atoms with Crippen molar-refractivity contribution in [2.75, 3.05) is 6.54 Å². The number of rotatable bonds is 8. The number of carbonyl (C=O) groups excluding carboxylic acids is 1. The van der Waals surface area contributed by atoms with Crippen molar-refractivity contribution in [2.24, 2.45) is 0 Å². The normalized spacial score (nSPS) is 15.1. The fraction of sp³-hybridized carbons (Fsp3) is 0.471. The summed E-state index contributed by atoms with van der Waals surface area (Å²) in [6.45, 7) is 2.27. The van der Waals surface area contributed by atoms with Gasteiger partial charge in [0.15, 0.2) is 11.9 Å². The summed E-state index contributed by atoms with van der Waals surface area (Å²) in [5.74, 6) is 2.71. The van der Waals surface area contributed by atoms with Crippen molar-refractivity contribution < 1.29 is 9.53 Å². The molecule has 1 aliphatic rings. The highest BCUT2D eigenvalue weighted by Gasteiger charge is 2.27. The third-order valence-electron chi connectivity index (χ3n) is 3.89. The van der Waals surface area contributed by atoms with Crippen molar-refractivity contribution in [3.63, 3.8) is 0 Å². The topological polar surface area (TPSA) is 79.9 Å². The maximum absolute atomic E-state index is 12.1. The minimum atomic E-state index is -0.600. The number of aromatic nitrogens is 3. The number of carbonyl (C=O) groups is 1. The molecule has 0 radical (unpaired) electrons. The summed E-state index contributed by atoms with van der Waals surface area (Å²) in [6, 6.07) is 7.11. The van der Waals surface area contributed by atoms with Crippen molar-refractivity contribution in [3.05, 3.63) is 40.9 Å². The van der Waals surface area contributed by atoms with Gasteiger partial charge in [-0.3, -0.25) is 9.89 Å². The van der Waals surface area contributed by atoms with Gasteiger partial charge >= 0.3 is 0 Å². The second-order valence-electron chi connectivity index (χ2n) is 6.00. The molecular weight excluding hydrogens is 328 g/mol. The number of aryl methyl sites for hydroxylation is 1. The van der Waals surface area contributed by atoms with Crippen LogP contribution in [0.2, 0.25) is 5.02 Å². The smallest absolute Gasteiger partial charge is 0.260 e. The zero-order valence-electron chi connectivity index (χ0n) is 13.6. The standard InChI is InChI=1S/C17H21ClN4O2/c1-11(24-14-6-3-2-5-13(14)18)17(23)19-10-4-7-15-20-16(22-21-15)12-8-9-12/h2-3,5-6,11-12H,4,7-10H2,1H3,(H,19,23)(H,20,21,22)/t11-/m1/s1. The molecule has 1 aromatic heterocycles. The minimum absolute atomic E-state index is 0.161. The van der Waals surface area contributed by atoms with E-state index in [2.05, 4.69) is 20.5 Å². The molecule has 24 heavy (non-hydrogen) atoms. The number of hydrogen-bond donors (Lipinski definition) is 2. The van der Waals surface area contributed by atoms with Crippen LogP contribution in [0.15, 0.2) is 24.3 Å². The van der Waals surface area contributed by atoms with Crippen LogP contribution in [-0.4, -0.2) is 33.7 Å². The van der Waals surface area contributed by atoms with Crippen molar-refractivity contribution in [1.82, 2.24) is 20.5 Å². The number of aromatic amines is 1. The van der Waals surface area contributed by atoms with Gasteiger partial charge in [-0.05, 0) is 38.3 Å². The largest absolute Gasteiger partial charge is 0.479 e. The summed E-state index contributed by atoms with van der Waals surface area (Å²) in [7, 11) is 0. The predicted octanol–water partition coefficient (Wildman–Crippen LogP) is 2.85. The summed E-state index contributed by atoms with van der Waals surface area (Å²) < 4.78 is 5.59. The van der Waals surface area contributed by atoms with E-state index in [-0.39, 0.29) is 5.91 Å². The van der Waals surface area contributed by atoms with E-state index in [1.807, 2.05) is 12.1 Å². The predicted molar refractivity (Wildman–Crippen MR) is 91.2 cm³/mol. The summed E-state index contributed by atoms with van der Waals surface area (Å²) in [6.07, 6.45) is 3.34. The third kappa shape index (κ3) is 4.47. The lowest BCUT2D eigenvalue weighted by Crippen LogP contribution is -2.37. The maximum Gasteiger partial charge on any atom is 0.260 e. The third-order valence-corrected chi connectivity index (χ3v) is 4.20. The molecule has 7 heteroatoms. The Balaban J connectivity index is 1.37. The van der Waals surface area contributed by atoms with E-state index >= 15 is 0 Å². The highest BCUT2D eigenvalue weighted by molar-refractivity contribution is 6.32.